The van der Waals surface area contributed by atoms with Crippen molar-refractivity contribution in [2.75, 3.05) is 11.9 Å². The summed E-state index contributed by atoms with van der Waals surface area (Å²) in [4.78, 5) is 12.2. The molecule has 1 atom stereocenters. The van der Waals surface area contributed by atoms with Crippen LogP contribution in [0.15, 0.2) is 30.6 Å². The maximum Gasteiger partial charge on any atom is 0.242 e. The average Bonchev–Trinajstić information content (AvgIpc) is 2.92. The molecule has 0 fully saturated rings. The van der Waals surface area contributed by atoms with E-state index >= 15 is 0 Å². The fourth-order valence-electron chi connectivity index (χ4n) is 2.59. The Labute approximate surface area is 123 Å². The minimum absolute atomic E-state index is 0.0478. The molecule has 0 radical (unpaired) electrons. The summed E-state index contributed by atoms with van der Waals surface area (Å²) in [5.41, 5.74) is 2.35. The summed E-state index contributed by atoms with van der Waals surface area (Å²) in [6, 6.07) is 7.99. The molecule has 6 heteroatoms. The van der Waals surface area contributed by atoms with E-state index in [0.29, 0.717) is 13.0 Å². The molecule has 2 heterocycles. The lowest BCUT2D eigenvalue weighted by atomic mass is 9.98. The number of anilines is 1. The molecule has 0 bridgehead atoms. The summed E-state index contributed by atoms with van der Waals surface area (Å²) in [5, 5.41) is 14.1. The predicted molar refractivity (Wildman–Crippen MR) is 79.9 cm³/mol. The number of hydrogen-bond acceptors (Lipinski definition) is 4. The van der Waals surface area contributed by atoms with Gasteiger partial charge in [0.2, 0.25) is 5.91 Å². The summed E-state index contributed by atoms with van der Waals surface area (Å²) in [7, 11) is 1.90. The van der Waals surface area contributed by atoms with E-state index in [1.54, 1.807) is 6.33 Å². The van der Waals surface area contributed by atoms with E-state index in [0.717, 1.165) is 24.4 Å². The van der Waals surface area contributed by atoms with Crippen molar-refractivity contribution in [3.05, 3.63) is 42.0 Å². The number of nitrogens with one attached hydrogen (secondary N) is 2. The van der Waals surface area contributed by atoms with Crippen LogP contribution >= 0.6 is 0 Å². The molecule has 1 unspecified atom stereocenters. The summed E-state index contributed by atoms with van der Waals surface area (Å²) >= 11 is 0. The van der Waals surface area contributed by atoms with Gasteiger partial charge in [0.1, 0.15) is 18.2 Å². The smallest absolute Gasteiger partial charge is 0.242 e. The number of nitrogens with zero attached hydrogens (tertiary/aromatic N) is 3. The summed E-state index contributed by atoms with van der Waals surface area (Å²) in [6.45, 7) is 0.575. The molecular formula is C15H19N5O. The van der Waals surface area contributed by atoms with Crippen molar-refractivity contribution < 1.29 is 4.79 Å². The van der Waals surface area contributed by atoms with Crippen LogP contribution in [0.3, 0.4) is 0 Å². The van der Waals surface area contributed by atoms with Gasteiger partial charge in [-0.15, -0.1) is 10.2 Å². The van der Waals surface area contributed by atoms with E-state index in [1.165, 1.54) is 5.56 Å². The first-order chi connectivity index (χ1) is 10.2. The van der Waals surface area contributed by atoms with Gasteiger partial charge in [0.25, 0.3) is 0 Å². The van der Waals surface area contributed by atoms with Crippen molar-refractivity contribution in [1.82, 2.24) is 20.1 Å². The molecule has 3 rings (SSSR count). The first-order valence-electron chi connectivity index (χ1n) is 7.19. The number of fused-ring (bicyclic) bond motifs is 1. The Morgan fingerprint density at radius 3 is 3.14 bits per heavy atom. The molecule has 0 saturated heterocycles. The second-order valence-corrected chi connectivity index (χ2v) is 5.29. The Hall–Kier alpha value is -2.37. The first-order valence-corrected chi connectivity index (χ1v) is 7.19. The number of aryl methyl sites for hydroxylation is 2. The molecule has 1 aromatic heterocycles. The van der Waals surface area contributed by atoms with E-state index in [9.17, 15) is 4.79 Å². The van der Waals surface area contributed by atoms with Gasteiger partial charge in [-0.1, -0.05) is 18.2 Å². The lowest BCUT2D eigenvalue weighted by Gasteiger charge is -2.26. The predicted octanol–water partition coefficient (Wildman–Crippen LogP) is 0.901. The molecule has 1 aliphatic rings. The van der Waals surface area contributed by atoms with E-state index in [-0.39, 0.29) is 11.9 Å². The maximum atomic E-state index is 12.2. The number of benzene rings is 1. The van der Waals surface area contributed by atoms with Gasteiger partial charge in [0.15, 0.2) is 0 Å². The average molecular weight is 285 g/mol. The molecule has 110 valence electrons. The summed E-state index contributed by atoms with van der Waals surface area (Å²) in [5.74, 6) is 0.920. The Morgan fingerprint density at radius 2 is 2.33 bits per heavy atom. The third-order valence-electron chi connectivity index (χ3n) is 3.82. The number of carbonyl (C=O) groups is 1. The van der Waals surface area contributed by atoms with Gasteiger partial charge >= 0.3 is 0 Å². The molecule has 2 N–H and O–H groups in total. The van der Waals surface area contributed by atoms with Crippen molar-refractivity contribution in [2.24, 2.45) is 7.05 Å². The van der Waals surface area contributed by atoms with Gasteiger partial charge in [-0.3, -0.25) is 4.79 Å². The highest BCUT2D eigenvalue weighted by Gasteiger charge is 2.23. The summed E-state index contributed by atoms with van der Waals surface area (Å²) < 4.78 is 1.86. The third kappa shape index (κ3) is 3.04. The van der Waals surface area contributed by atoms with E-state index < -0.39 is 0 Å². The number of aromatic nitrogens is 3. The zero-order chi connectivity index (χ0) is 14.7. The molecular weight excluding hydrogens is 266 g/mol. The monoisotopic (exact) mass is 285 g/mol. The lowest BCUT2D eigenvalue weighted by Crippen LogP contribution is -2.42. The van der Waals surface area contributed by atoms with Crippen LogP contribution in [-0.2, 0) is 24.7 Å². The van der Waals surface area contributed by atoms with Crippen molar-refractivity contribution in [3.63, 3.8) is 0 Å². The fourth-order valence-corrected chi connectivity index (χ4v) is 2.59. The molecule has 1 aliphatic heterocycles. The zero-order valence-corrected chi connectivity index (χ0v) is 12.0. The number of hydrogen-bond donors (Lipinski definition) is 2. The lowest BCUT2D eigenvalue weighted by molar-refractivity contribution is -0.122. The van der Waals surface area contributed by atoms with Gasteiger partial charge in [-0.05, 0) is 24.5 Å². The quantitative estimate of drug-likeness (QED) is 0.875. The highest BCUT2D eigenvalue weighted by atomic mass is 16.2. The van der Waals surface area contributed by atoms with Gasteiger partial charge < -0.3 is 15.2 Å². The van der Waals surface area contributed by atoms with Crippen LogP contribution in [0, 0.1) is 0 Å². The fraction of sp³-hybridized carbons (Fsp3) is 0.400. The first kappa shape index (κ1) is 13.6. The largest absolute Gasteiger partial charge is 0.373 e. The van der Waals surface area contributed by atoms with Crippen molar-refractivity contribution >= 4 is 11.6 Å². The SMILES string of the molecule is Cn1cnnc1CCNC(=O)C1CCc2ccccc2N1. The van der Waals surface area contributed by atoms with Crippen LogP contribution in [0.1, 0.15) is 17.8 Å². The van der Waals surface area contributed by atoms with Crippen molar-refractivity contribution in [1.29, 1.82) is 0 Å². The Balaban J connectivity index is 1.52. The maximum absolute atomic E-state index is 12.2. The number of para-hydroxylation sites is 1. The van der Waals surface area contributed by atoms with E-state index in [4.69, 9.17) is 0 Å². The second-order valence-electron chi connectivity index (χ2n) is 5.29. The molecule has 0 aliphatic carbocycles. The van der Waals surface area contributed by atoms with Gasteiger partial charge in [0, 0.05) is 25.7 Å². The molecule has 1 amide bonds. The molecule has 21 heavy (non-hydrogen) atoms. The Kier molecular flexibility index (Phi) is 3.85. The minimum Gasteiger partial charge on any atom is -0.373 e. The zero-order valence-electron chi connectivity index (χ0n) is 12.0. The van der Waals surface area contributed by atoms with Crippen LogP contribution in [0.4, 0.5) is 5.69 Å². The highest BCUT2D eigenvalue weighted by molar-refractivity contribution is 5.85. The molecule has 0 spiro atoms. The molecule has 0 saturated carbocycles. The third-order valence-corrected chi connectivity index (χ3v) is 3.82. The van der Waals surface area contributed by atoms with Crippen LogP contribution < -0.4 is 10.6 Å². The summed E-state index contributed by atoms with van der Waals surface area (Å²) in [6.07, 6.45) is 4.11. The van der Waals surface area contributed by atoms with Crippen molar-refractivity contribution in [2.45, 2.75) is 25.3 Å². The normalized spacial score (nSPS) is 16.9. The number of carbonyl (C=O) groups excluding carboxylic acids is 1. The van der Waals surface area contributed by atoms with E-state index in [2.05, 4.69) is 26.9 Å². The molecule has 1 aromatic carbocycles. The Morgan fingerprint density at radius 1 is 1.48 bits per heavy atom. The highest BCUT2D eigenvalue weighted by Crippen LogP contribution is 2.24. The van der Waals surface area contributed by atoms with Gasteiger partial charge in [-0.25, -0.2) is 0 Å². The van der Waals surface area contributed by atoms with Crippen LogP contribution in [0.25, 0.3) is 0 Å². The van der Waals surface area contributed by atoms with Crippen LogP contribution in [0.2, 0.25) is 0 Å². The Bertz CT molecular complexity index is 636. The molecule has 2 aromatic rings. The van der Waals surface area contributed by atoms with Crippen molar-refractivity contribution in [3.8, 4) is 0 Å². The minimum atomic E-state index is -0.153. The van der Waals surface area contributed by atoms with Crippen LogP contribution in [0.5, 0.6) is 0 Å². The standard InChI is InChI=1S/C15H19N5O/c1-20-10-17-19-14(20)8-9-16-15(21)13-7-6-11-4-2-3-5-12(11)18-13/h2-5,10,13,18H,6-9H2,1H3,(H,16,21). The van der Waals surface area contributed by atoms with Crippen LogP contribution in [-0.4, -0.2) is 33.3 Å². The number of amides is 1. The molecule has 6 nitrogen and oxygen atoms in total. The van der Waals surface area contributed by atoms with E-state index in [1.807, 2.05) is 29.8 Å². The van der Waals surface area contributed by atoms with Gasteiger partial charge in [0.05, 0.1) is 0 Å². The van der Waals surface area contributed by atoms with Gasteiger partial charge in [-0.2, -0.15) is 0 Å². The topological polar surface area (TPSA) is 71.8 Å². The second kappa shape index (κ2) is 5.95. The number of rotatable bonds is 4.